The summed E-state index contributed by atoms with van der Waals surface area (Å²) in [5, 5.41) is 11.7. The molecule has 0 aromatic rings. The number of unbranched alkanes of at least 4 members (excludes halogenated alkanes) is 6. The van der Waals surface area contributed by atoms with Crippen LogP contribution >= 0.6 is 0 Å². The number of rotatable bonds is 12. The van der Waals surface area contributed by atoms with Crippen LogP contribution in [0.5, 0.6) is 0 Å². The Balaban J connectivity index is -0.00000180. The second-order valence-corrected chi connectivity index (χ2v) is 5.96. The van der Waals surface area contributed by atoms with Gasteiger partial charge < -0.3 is 11.8 Å². The van der Waals surface area contributed by atoms with E-state index in [1.165, 1.54) is 32.1 Å². The molecule has 0 saturated carbocycles. The molecule has 0 spiro atoms. The van der Waals surface area contributed by atoms with Gasteiger partial charge in [-0.1, -0.05) is 59.3 Å². The number of aliphatic carboxylic acids is 1. The minimum atomic E-state index is -0.938. The van der Waals surface area contributed by atoms with E-state index in [1.54, 1.807) is 0 Å². The third-order valence-corrected chi connectivity index (χ3v) is 3.35. The summed E-state index contributed by atoms with van der Waals surface area (Å²) in [5.74, 6) is -0.812. The maximum Gasteiger partial charge on any atom is 1.00 e. The van der Waals surface area contributed by atoms with E-state index in [0.29, 0.717) is 12.8 Å². The van der Waals surface area contributed by atoms with Gasteiger partial charge in [-0.25, -0.2) is 4.79 Å². The molecule has 0 heterocycles. The average Bonchev–Trinajstić information content (AvgIpc) is 2.36. The molecule has 1 amide bonds. The number of carboxylic acids is 1. The summed E-state index contributed by atoms with van der Waals surface area (Å²) >= 11 is 0. The first kappa shape index (κ1) is 23.2. The number of hydrogen-bond acceptors (Lipinski definition) is 2. The molecule has 0 aliphatic heterocycles. The first-order chi connectivity index (χ1) is 9.47. The molecule has 5 heteroatoms. The van der Waals surface area contributed by atoms with Gasteiger partial charge in [-0.2, -0.15) is 0 Å². The Hall–Kier alpha value is -0.0600. The molecule has 0 aromatic heterocycles. The number of hydrogen-bond donors (Lipinski definition) is 2. The van der Waals surface area contributed by atoms with E-state index in [2.05, 4.69) is 12.2 Å². The molecule has 0 aliphatic carbocycles. The number of carboxylic acid groups (broad SMARTS) is 1. The molecular formula is C16H32NNaO3. The van der Waals surface area contributed by atoms with E-state index >= 15 is 0 Å². The summed E-state index contributed by atoms with van der Waals surface area (Å²) < 4.78 is 0. The summed E-state index contributed by atoms with van der Waals surface area (Å²) in [4.78, 5) is 22.7. The smallest absolute Gasteiger partial charge is 1.00 e. The van der Waals surface area contributed by atoms with Crippen LogP contribution in [-0.2, 0) is 9.59 Å². The first-order valence-electron chi connectivity index (χ1n) is 7.99. The zero-order chi connectivity index (χ0) is 15.4. The number of nitrogens with one attached hydrogen (secondary N) is 1. The van der Waals surface area contributed by atoms with E-state index in [0.717, 1.165) is 12.8 Å². The van der Waals surface area contributed by atoms with Gasteiger partial charge in [-0.3, -0.25) is 4.79 Å². The Bertz CT molecular complexity index is 289. The molecule has 2 N–H and O–H groups in total. The van der Waals surface area contributed by atoms with Gasteiger partial charge in [-0.15, -0.1) is 0 Å². The molecule has 0 fully saturated rings. The maximum atomic E-state index is 11.7. The Morgan fingerprint density at radius 3 is 2.05 bits per heavy atom. The standard InChI is InChI=1S/C16H31NO3.Na.H/c1-4-5-6-7-8-9-10-11-15(18)17-14(16(19)20)12-13(2)3;;/h13-14H,4-12H2,1-3H3,(H,17,18)(H,19,20);;/q;+1;-1/t14-;;/m0../s1. The van der Waals surface area contributed by atoms with Gasteiger partial charge in [0, 0.05) is 6.42 Å². The fourth-order valence-corrected chi connectivity index (χ4v) is 2.20. The van der Waals surface area contributed by atoms with Crippen LogP contribution in [0.3, 0.4) is 0 Å². The molecule has 0 aromatic carbocycles. The van der Waals surface area contributed by atoms with Crippen molar-refractivity contribution in [3.8, 4) is 0 Å². The predicted octanol–water partition coefficient (Wildman–Crippen LogP) is 0.859. The monoisotopic (exact) mass is 309 g/mol. The third-order valence-electron chi connectivity index (χ3n) is 3.35. The van der Waals surface area contributed by atoms with E-state index in [4.69, 9.17) is 5.11 Å². The molecule has 0 rings (SSSR count). The van der Waals surface area contributed by atoms with Gasteiger partial charge >= 0.3 is 35.5 Å². The molecule has 120 valence electrons. The largest absolute Gasteiger partial charge is 1.00 e. The normalized spacial score (nSPS) is 11.8. The summed E-state index contributed by atoms with van der Waals surface area (Å²) in [6, 6.07) is -0.743. The van der Waals surface area contributed by atoms with Gasteiger partial charge in [0.2, 0.25) is 5.91 Å². The van der Waals surface area contributed by atoms with Crippen LogP contribution in [0.15, 0.2) is 0 Å². The minimum Gasteiger partial charge on any atom is -1.00 e. The van der Waals surface area contributed by atoms with E-state index in [9.17, 15) is 9.59 Å². The van der Waals surface area contributed by atoms with E-state index < -0.39 is 12.0 Å². The fourth-order valence-electron chi connectivity index (χ4n) is 2.20. The van der Waals surface area contributed by atoms with Crippen molar-refractivity contribution in [2.45, 2.75) is 84.6 Å². The predicted molar refractivity (Wildman–Crippen MR) is 82.7 cm³/mol. The van der Waals surface area contributed by atoms with Crippen molar-refractivity contribution in [1.29, 1.82) is 0 Å². The number of carbonyl (C=O) groups is 2. The van der Waals surface area contributed by atoms with Crippen molar-refractivity contribution in [1.82, 2.24) is 5.32 Å². The van der Waals surface area contributed by atoms with Crippen molar-refractivity contribution in [3.05, 3.63) is 0 Å². The number of amides is 1. The van der Waals surface area contributed by atoms with Crippen LogP contribution in [0.1, 0.15) is 80.0 Å². The zero-order valence-electron chi connectivity index (χ0n) is 15.3. The second-order valence-electron chi connectivity index (χ2n) is 5.96. The summed E-state index contributed by atoms with van der Waals surface area (Å²) in [5.41, 5.74) is 0. The van der Waals surface area contributed by atoms with Crippen LogP contribution < -0.4 is 34.9 Å². The molecule has 1 atom stereocenters. The van der Waals surface area contributed by atoms with E-state index in [-0.39, 0.29) is 42.8 Å². The Morgan fingerprint density at radius 1 is 1.05 bits per heavy atom. The van der Waals surface area contributed by atoms with Crippen molar-refractivity contribution >= 4 is 11.9 Å². The Labute approximate surface area is 153 Å². The summed E-state index contributed by atoms with van der Waals surface area (Å²) in [6.07, 6.45) is 9.05. The minimum absolute atomic E-state index is 0. The van der Waals surface area contributed by atoms with Crippen molar-refractivity contribution in [3.63, 3.8) is 0 Å². The first-order valence-corrected chi connectivity index (χ1v) is 7.99. The molecule has 4 nitrogen and oxygen atoms in total. The second kappa shape index (κ2) is 14.9. The molecule has 0 aliphatic rings. The molecule has 0 radical (unpaired) electrons. The maximum absolute atomic E-state index is 11.7. The molecule has 21 heavy (non-hydrogen) atoms. The Kier molecular flexibility index (Phi) is 16.4. The molecular weight excluding hydrogens is 277 g/mol. The molecule has 0 bridgehead atoms. The van der Waals surface area contributed by atoms with Crippen molar-refractivity contribution in [2.75, 3.05) is 0 Å². The Morgan fingerprint density at radius 2 is 1.57 bits per heavy atom. The quantitative estimate of drug-likeness (QED) is 0.415. The van der Waals surface area contributed by atoms with Crippen LogP contribution in [0, 0.1) is 5.92 Å². The third kappa shape index (κ3) is 14.6. The van der Waals surface area contributed by atoms with Crippen molar-refractivity contribution < 1.29 is 45.7 Å². The number of carbonyl (C=O) groups excluding carboxylic acids is 1. The van der Waals surface area contributed by atoms with Gasteiger partial charge in [0.1, 0.15) is 6.04 Å². The SMILES string of the molecule is CCCCCCCCCC(=O)N[C@@H](CC(C)C)C(=O)O.[H-].[Na+]. The van der Waals surface area contributed by atoms with Crippen LogP contribution in [0.2, 0.25) is 0 Å². The van der Waals surface area contributed by atoms with Gasteiger partial charge in [0.15, 0.2) is 0 Å². The van der Waals surface area contributed by atoms with Crippen LogP contribution in [0.25, 0.3) is 0 Å². The van der Waals surface area contributed by atoms with E-state index in [1.807, 2.05) is 13.8 Å². The summed E-state index contributed by atoms with van der Waals surface area (Å²) in [7, 11) is 0. The summed E-state index contributed by atoms with van der Waals surface area (Å²) in [6.45, 7) is 6.11. The fraction of sp³-hybridized carbons (Fsp3) is 0.875. The molecule has 0 saturated heterocycles. The van der Waals surface area contributed by atoms with Gasteiger partial charge in [0.05, 0.1) is 0 Å². The zero-order valence-corrected chi connectivity index (χ0v) is 16.3. The van der Waals surface area contributed by atoms with Crippen LogP contribution in [0.4, 0.5) is 0 Å². The molecule has 0 unspecified atom stereocenters. The topological polar surface area (TPSA) is 66.4 Å². The van der Waals surface area contributed by atoms with Crippen molar-refractivity contribution in [2.24, 2.45) is 5.92 Å². The van der Waals surface area contributed by atoms with Crippen LogP contribution in [-0.4, -0.2) is 23.0 Å². The van der Waals surface area contributed by atoms with Gasteiger partial charge in [0.25, 0.3) is 0 Å². The van der Waals surface area contributed by atoms with Gasteiger partial charge in [-0.05, 0) is 18.8 Å². The average molecular weight is 309 g/mol.